The van der Waals surface area contributed by atoms with Gasteiger partial charge in [0.15, 0.2) is 0 Å². The Kier molecular flexibility index (Phi) is 6.80. The number of hydrogen-bond donors (Lipinski definition) is 2. The number of nitrogens with two attached hydrogens (primary N) is 1. The van der Waals surface area contributed by atoms with Crippen LogP contribution in [0.15, 0.2) is 0 Å². The van der Waals surface area contributed by atoms with Crippen molar-refractivity contribution in [1.29, 1.82) is 0 Å². The molecule has 0 aromatic heterocycles. The van der Waals surface area contributed by atoms with E-state index in [0.717, 1.165) is 5.92 Å². The fourth-order valence-electron chi connectivity index (χ4n) is 3.04. The average Bonchev–Trinajstić information content (AvgIpc) is 2.38. The highest BCUT2D eigenvalue weighted by atomic mass is 16.6. The molecule has 1 aliphatic rings. The van der Waals surface area contributed by atoms with Crippen LogP contribution in [-0.2, 0) is 4.74 Å². The number of hydrogen-bond acceptors (Lipinski definition) is 3. The molecule has 1 fully saturated rings. The van der Waals surface area contributed by atoms with E-state index in [-0.39, 0.29) is 6.09 Å². The lowest BCUT2D eigenvalue weighted by Gasteiger charge is -2.33. The maximum absolute atomic E-state index is 11.7. The largest absolute Gasteiger partial charge is 0.444 e. The monoisotopic (exact) mass is 284 g/mol. The molecule has 0 aliphatic heterocycles. The zero-order chi connectivity index (χ0) is 15.2. The topological polar surface area (TPSA) is 64.3 Å². The standard InChI is InChI=1S/C16H32N2O2/c1-5-12-6-8-13(9-7-12)14(10-17)11-18-15(19)20-16(2,3)4/h12-14H,5-11,17H2,1-4H3,(H,18,19). The van der Waals surface area contributed by atoms with E-state index in [1.165, 1.54) is 32.1 Å². The van der Waals surface area contributed by atoms with Crippen LogP contribution >= 0.6 is 0 Å². The minimum absolute atomic E-state index is 0.335. The lowest BCUT2D eigenvalue weighted by Crippen LogP contribution is -2.40. The minimum Gasteiger partial charge on any atom is -0.444 e. The first-order valence-corrected chi connectivity index (χ1v) is 8.02. The summed E-state index contributed by atoms with van der Waals surface area (Å²) in [6.07, 6.45) is 6.06. The fourth-order valence-corrected chi connectivity index (χ4v) is 3.04. The molecule has 0 aromatic carbocycles. The molecule has 20 heavy (non-hydrogen) atoms. The van der Waals surface area contributed by atoms with Crippen molar-refractivity contribution in [3.63, 3.8) is 0 Å². The van der Waals surface area contributed by atoms with Gasteiger partial charge in [0, 0.05) is 6.54 Å². The Morgan fingerprint density at radius 1 is 1.30 bits per heavy atom. The average molecular weight is 284 g/mol. The molecule has 1 unspecified atom stereocenters. The Morgan fingerprint density at radius 2 is 1.90 bits per heavy atom. The van der Waals surface area contributed by atoms with Crippen LogP contribution in [0.2, 0.25) is 0 Å². The summed E-state index contributed by atoms with van der Waals surface area (Å²) >= 11 is 0. The summed E-state index contributed by atoms with van der Waals surface area (Å²) in [5.74, 6) is 1.92. The predicted octanol–water partition coefficient (Wildman–Crippen LogP) is 3.30. The maximum atomic E-state index is 11.7. The fraction of sp³-hybridized carbons (Fsp3) is 0.938. The van der Waals surface area contributed by atoms with Gasteiger partial charge in [-0.15, -0.1) is 0 Å². The Hall–Kier alpha value is -0.770. The molecule has 118 valence electrons. The van der Waals surface area contributed by atoms with E-state index >= 15 is 0 Å². The highest BCUT2D eigenvalue weighted by Gasteiger charge is 2.27. The van der Waals surface area contributed by atoms with Gasteiger partial charge < -0.3 is 15.8 Å². The lowest BCUT2D eigenvalue weighted by molar-refractivity contribution is 0.0509. The van der Waals surface area contributed by atoms with Crippen molar-refractivity contribution in [3.05, 3.63) is 0 Å². The number of rotatable bonds is 5. The first-order valence-electron chi connectivity index (χ1n) is 8.02. The lowest BCUT2D eigenvalue weighted by atomic mass is 9.75. The minimum atomic E-state index is -0.443. The normalized spacial score (nSPS) is 25.1. The molecule has 4 heteroatoms. The van der Waals surface area contributed by atoms with E-state index in [2.05, 4.69) is 12.2 Å². The summed E-state index contributed by atoms with van der Waals surface area (Å²) < 4.78 is 5.26. The van der Waals surface area contributed by atoms with Crippen LogP contribution in [0.25, 0.3) is 0 Å². The van der Waals surface area contributed by atoms with Gasteiger partial charge in [-0.3, -0.25) is 0 Å². The Morgan fingerprint density at radius 3 is 2.35 bits per heavy atom. The third-order valence-electron chi connectivity index (χ3n) is 4.35. The van der Waals surface area contributed by atoms with Gasteiger partial charge >= 0.3 is 6.09 Å². The summed E-state index contributed by atoms with van der Waals surface area (Å²) in [5, 5.41) is 2.87. The van der Waals surface area contributed by atoms with Crippen molar-refractivity contribution >= 4 is 6.09 Å². The van der Waals surface area contributed by atoms with Crippen LogP contribution in [0, 0.1) is 17.8 Å². The number of alkyl carbamates (subject to hydrolysis) is 1. The number of nitrogens with one attached hydrogen (secondary N) is 1. The van der Waals surface area contributed by atoms with Gasteiger partial charge in [0.1, 0.15) is 5.60 Å². The van der Waals surface area contributed by atoms with Gasteiger partial charge in [0.25, 0.3) is 0 Å². The number of carbonyl (C=O) groups is 1. The number of amides is 1. The smallest absolute Gasteiger partial charge is 0.407 e. The molecule has 1 amide bonds. The van der Waals surface area contributed by atoms with E-state index in [1.54, 1.807) is 0 Å². The molecule has 1 saturated carbocycles. The second-order valence-corrected chi connectivity index (χ2v) is 7.07. The van der Waals surface area contributed by atoms with Gasteiger partial charge in [-0.1, -0.05) is 26.2 Å². The van der Waals surface area contributed by atoms with Crippen LogP contribution in [0.3, 0.4) is 0 Å². The number of ether oxygens (including phenoxy) is 1. The van der Waals surface area contributed by atoms with E-state index in [0.29, 0.717) is 24.9 Å². The molecule has 4 nitrogen and oxygen atoms in total. The molecule has 0 spiro atoms. The highest BCUT2D eigenvalue weighted by Crippen LogP contribution is 2.34. The van der Waals surface area contributed by atoms with Gasteiger partial charge in [-0.25, -0.2) is 4.79 Å². The Bertz CT molecular complexity index is 291. The van der Waals surface area contributed by atoms with Crippen molar-refractivity contribution in [2.45, 2.75) is 65.4 Å². The third-order valence-corrected chi connectivity index (χ3v) is 4.35. The Labute approximate surface area is 123 Å². The second kappa shape index (κ2) is 7.87. The van der Waals surface area contributed by atoms with Crippen molar-refractivity contribution in [2.75, 3.05) is 13.1 Å². The highest BCUT2D eigenvalue weighted by molar-refractivity contribution is 5.67. The molecular weight excluding hydrogens is 252 g/mol. The second-order valence-electron chi connectivity index (χ2n) is 7.07. The Balaban J connectivity index is 2.34. The van der Waals surface area contributed by atoms with Crippen molar-refractivity contribution in [1.82, 2.24) is 5.32 Å². The van der Waals surface area contributed by atoms with Crippen LogP contribution in [0.1, 0.15) is 59.8 Å². The van der Waals surface area contributed by atoms with Crippen molar-refractivity contribution < 1.29 is 9.53 Å². The van der Waals surface area contributed by atoms with Gasteiger partial charge in [0.05, 0.1) is 0 Å². The first kappa shape index (κ1) is 17.3. The maximum Gasteiger partial charge on any atom is 0.407 e. The van der Waals surface area contributed by atoms with Crippen molar-refractivity contribution in [3.8, 4) is 0 Å². The molecule has 1 aliphatic carbocycles. The van der Waals surface area contributed by atoms with Crippen LogP contribution in [0.5, 0.6) is 0 Å². The molecule has 1 atom stereocenters. The number of carbonyl (C=O) groups excluding carboxylic acids is 1. The summed E-state index contributed by atoms with van der Waals surface area (Å²) in [4.78, 5) is 11.7. The molecule has 1 rings (SSSR count). The van der Waals surface area contributed by atoms with Crippen molar-refractivity contribution in [2.24, 2.45) is 23.5 Å². The van der Waals surface area contributed by atoms with Gasteiger partial charge in [0.2, 0.25) is 0 Å². The zero-order valence-corrected chi connectivity index (χ0v) is 13.6. The summed E-state index contributed by atoms with van der Waals surface area (Å²) in [7, 11) is 0. The van der Waals surface area contributed by atoms with E-state index in [4.69, 9.17) is 10.5 Å². The molecular formula is C16H32N2O2. The van der Waals surface area contributed by atoms with Crippen LogP contribution < -0.4 is 11.1 Å². The van der Waals surface area contributed by atoms with Crippen LogP contribution in [-0.4, -0.2) is 24.8 Å². The van der Waals surface area contributed by atoms with Gasteiger partial charge in [-0.05, 0) is 57.9 Å². The molecule has 0 aromatic rings. The van der Waals surface area contributed by atoms with E-state index < -0.39 is 5.60 Å². The van der Waals surface area contributed by atoms with Crippen LogP contribution in [0.4, 0.5) is 4.79 Å². The molecule has 0 saturated heterocycles. The predicted molar refractivity (Wildman–Crippen MR) is 82.5 cm³/mol. The first-order chi connectivity index (χ1) is 9.35. The SMILES string of the molecule is CCC1CCC(C(CN)CNC(=O)OC(C)(C)C)CC1. The van der Waals surface area contributed by atoms with E-state index in [9.17, 15) is 4.79 Å². The van der Waals surface area contributed by atoms with Gasteiger partial charge in [-0.2, -0.15) is 0 Å². The third kappa shape index (κ3) is 6.12. The summed E-state index contributed by atoms with van der Waals surface area (Å²) in [5.41, 5.74) is 5.45. The molecule has 0 bridgehead atoms. The molecule has 0 heterocycles. The zero-order valence-electron chi connectivity index (χ0n) is 13.6. The molecule has 0 radical (unpaired) electrons. The summed E-state index contributed by atoms with van der Waals surface area (Å²) in [6, 6.07) is 0. The molecule has 3 N–H and O–H groups in total. The van der Waals surface area contributed by atoms with E-state index in [1.807, 2.05) is 20.8 Å². The summed E-state index contributed by atoms with van der Waals surface area (Å²) in [6.45, 7) is 9.16. The quantitative estimate of drug-likeness (QED) is 0.814.